The molecule has 126 valence electrons. The van der Waals surface area contributed by atoms with Crippen molar-refractivity contribution in [2.24, 2.45) is 4.99 Å². The first kappa shape index (κ1) is 16.4. The van der Waals surface area contributed by atoms with Crippen LogP contribution in [-0.4, -0.2) is 54.2 Å². The van der Waals surface area contributed by atoms with E-state index in [1.54, 1.807) is 7.11 Å². The molecule has 7 heteroatoms. The molecule has 24 heavy (non-hydrogen) atoms. The van der Waals surface area contributed by atoms with Crippen LogP contribution in [0.3, 0.4) is 0 Å². The van der Waals surface area contributed by atoms with Crippen molar-refractivity contribution in [3.63, 3.8) is 0 Å². The van der Waals surface area contributed by atoms with E-state index < -0.39 is 0 Å². The predicted molar refractivity (Wildman–Crippen MR) is 96.3 cm³/mol. The van der Waals surface area contributed by atoms with E-state index in [4.69, 9.17) is 10.5 Å². The Labute approximate surface area is 140 Å². The van der Waals surface area contributed by atoms with E-state index in [0.717, 1.165) is 22.0 Å². The highest BCUT2D eigenvalue weighted by molar-refractivity contribution is 5.95. The van der Waals surface area contributed by atoms with Gasteiger partial charge in [0.05, 0.1) is 24.7 Å². The van der Waals surface area contributed by atoms with Crippen LogP contribution in [0.15, 0.2) is 29.3 Å². The van der Waals surface area contributed by atoms with Crippen molar-refractivity contribution in [1.29, 1.82) is 0 Å². The summed E-state index contributed by atoms with van der Waals surface area (Å²) in [5.74, 6) is 0.857. The van der Waals surface area contributed by atoms with Crippen LogP contribution in [0.5, 0.6) is 0 Å². The second-order valence-corrected chi connectivity index (χ2v) is 5.65. The molecule has 0 spiro atoms. The van der Waals surface area contributed by atoms with Gasteiger partial charge < -0.3 is 20.9 Å². The smallest absolute Gasteiger partial charge is 0.222 e. The number of anilines is 2. The highest BCUT2D eigenvalue weighted by Crippen LogP contribution is 2.27. The number of hydrogen-bond donors (Lipinski definition) is 3. The van der Waals surface area contributed by atoms with Gasteiger partial charge in [-0.1, -0.05) is 6.07 Å². The molecule has 2 aromatic rings. The topological polar surface area (TPSA) is 106 Å². The van der Waals surface area contributed by atoms with Gasteiger partial charge in [-0.3, -0.25) is 4.99 Å². The minimum atomic E-state index is -0.0527. The van der Waals surface area contributed by atoms with Crippen molar-refractivity contribution in [2.45, 2.75) is 12.5 Å². The molecule has 4 N–H and O–H groups in total. The lowest BCUT2D eigenvalue weighted by Gasteiger charge is -2.19. The summed E-state index contributed by atoms with van der Waals surface area (Å²) in [6.07, 6.45) is 4.37. The van der Waals surface area contributed by atoms with Crippen LogP contribution in [0.4, 0.5) is 11.8 Å². The quantitative estimate of drug-likeness (QED) is 0.711. The molecule has 0 saturated heterocycles. The number of nitrogens with two attached hydrogens (primary N) is 1. The molecule has 1 aromatic heterocycles. The monoisotopic (exact) mass is 327 g/mol. The van der Waals surface area contributed by atoms with E-state index in [9.17, 15) is 5.11 Å². The van der Waals surface area contributed by atoms with E-state index in [-0.39, 0.29) is 18.6 Å². The molecule has 0 amide bonds. The maximum Gasteiger partial charge on any atom is 0.222 e. The zero-order valence-corrected chi connectivity index (χ0v) is 13.6. The molecular weight excluding hydrogens is 306 g/mol. The number of nitrogens with zero attached hydrogens (tertiary/aromatic N) is 3. The number of nitrogen functional groups attached to an aromatic ring is 1. The van der Waals surface area contributed by atoms with Gasteiger partial charge in [-0.25, -0.2) is 4.98 Å². The molecule has 1 aliphatic heterocycles. The van der Waals surface area contributed by atoms with Crippen LogP contribution >= 0.6 is 0 Å². The third kappa shape index (κ3) is 3.52. The summed E-state index contributed by atoms with van der Waals surface area (Å²) in [6, 6.07) is 5.96. The first-order valence-electron chi connectivity index (χ1n) is 7.84. The molecule has 0 fully saturated rings. The number of hydrogen-bond acceptors (Lipinski definition) is 7. The number of fused-ring (bicyclic) bond motifs is 1. The van der Waals surface area contributed by atoms with E-state index in [1.807, 2.05) is 30.5 Å². The van der Waals surface area contributed by atoms with E-state index in [1.165, 1.54) is 0 Å². The Balaban J connectivity index is 1.95. The van der Waals surface area contributed by atoms with E-state index in [0.29, 0.717) is 25.4 Å². The lowest BCUT2D eigenvalue weighted by atomic mass is 10.0. The number of aliphatic hydroxyl groups excluding tert-OH is 1. The highest BCUT2D eigenvalue weighted by Gasteiger charge is 2.14. The van der Waals surface area contributed by atoms with E-state index >= 15 is 0 Å². The summed E-state index contributed by atoms with van der Waals surface area (Å²) in [7, 11) is 1.63. The van der Waals surface area contributed by atoms with Gasteiger partial charge in [0.1, 0.15) is 5.82 Å². The number of ether oxygens (including phenoxy) is 1. The minimum absolute atomic E-state index is 0.0527. The number of aromatic nitrogens is 2. The third-order valence-corrected chi connectivity index (χ3v) is 3.91. The van der Waals surface area contributed by atoms with Gasteiger partial charge in [-0.15, -0.1) is 0 Å². The van der Waals surface area contributed by atoms with Crippen LogP contribution in [-0.2, 0) is 4.74 Å². The zero-order chi connectivity index (χ0) is 16.9. The van der Waals surface area contributed by atoms with Gasteiger partial charge in [-0.2, -0.15) is 4.98 Å². The summed E-state index contributed by atoms with van der Waals surface area (Å²) in [5.41, 5.74) is 8.87. The molecule has 0 bridgehead atoms. The Morgan fingerprint density at radius 1 is 1.38 bits per heavy atom. The predicted octanol–water partition coefficient (Wildman–Crippen LogP) is 1.49. The number of methoxy groups -OCH3 is 1. The van der Waals surface area contributed by atoms with Gasteiger partial charge in [0, 0.05) is 25.3 Å². The number of nitrogens with one attached hydrogen (secondary N) is 1. The van der Waals surface area contributed by atoms with Crippen LogP contribution in [0.1, 0.15) is 12.0 Å². The summed E-state index contributed by atoms with van der Waals surface area (Å²) in [4.78, 5) is 12.9. The second-order valence-electron chi connectivity index (χ2n) is 5.65. The Hall–Kier alpha value is -2.51. The van der Waals surface area contributed by atoms with Crippen molar-refractivity contribution in [2.75, 3.05) is 37.9 Å². The molecule has 3 rings (SSSR count). The molecule has 1 atom stereocenters. The number of aliphatic imine (C=N–C) groups is 1. The first-order chi connectivity index (χ1) is 11.7. The second kappa shape index (κ2) is 7.37. The number of rotatable bonds is 7. The molecule has 0 saturated carbocycles. The number of benzene rings is 1. The SMILES string of the molecule is COCC(CCO)Nc1nc(N)nc2cc(C3=CC=NC3)ccc12. The van der Waals surface area contributed by atoms with Crippen LogP contribution in [0.2, 0.25) is 0 Å². The summed E-state index contributed by atoms with van der Waals surface area (Å²) in [5, 5.41) is 13.4. The zero-order valence-electron chi connectivity index (χ0n) is 13.6. The van der Waals surface area contributed by atoms with Crippen molar-refractivity contribution < 1.29 is 9.84 Å². The van der Waals surface area contributed by atoms with Crippen molar-refractivity contribution in [1.82, 2.24) is 9.97 Å². The van der Waals surface area contributed by atoms with Gasteiger partial charge in [0.15, 0.2) is 0 Å². The molecule has 2 heterocycles. The Kier molecular flexibility index (Phi) is 5.02. The van der Waals surface area contributed by atoms with Crippen LogP contribution in [0, 0.1) is 0 Å². The molecule has 7 nitrogen and oxygen atoms in total. The van der Waals surface area contributed by atoms with Crippen LogP contribution in [0.25, 0.3) is 16.5 Å². The fourth-order valence-electron chi connectivity index (χ4n) is 2.74. The standard InChI is InChI=1S/C17H21N5O2/c1-24-10-13(5-7-23)20-16-14-3-2-11(12-4-6-19-9-12)8-15(14)21-17(18)22-16/h2-4,6,8,13,23H,5,7,9-10H2,1H3,(H3,18,20,21,22). The Morgan fingerprint density at radius 3 is 2.96 bits per heavy atom. The molecule has 1 unspecified atom stereocenters. The summed E-state index contributed by atoms with van der Waals surface area (Å²) < 4.78 is 5.19. The van der Waals surface area contributed by atoms with Crippen molar-refractivity contribution in [3.8, 4) is 0 Å². The van der Waals surface area contributed by atoms with Gasteiger partial charge in [0.25, 0.3) is 0 Å². The third-order valence-electron chi connectivity index (χ3n) is 3.91. The molecule has 0 radical (unpaired) electrons. The van der Waals surface area contributed by atoms with Crippen molar-refractivity contribution in [3.05, 3.63) is 29.8 Å². The maximum absolute atomic E-state index is 9.20. The highest BCUT2D eigenvalue weighted by atomic mass is 16.5. The fraction of sp³-hybridized carbons (Fsp3) is 0.353. The molecule has 0 aliphatic carbocycles. The normalized spacial score (nSPS) is 14.8. The first-order valence-corrected chi connectivity index (χ1v) is 7.84. The van der Waals surface area contributed by atoms with Crippen LogP contribution < -0.4 is 11.1 Å². The van der Waals surface area contributed by atoms with Gasteiger partial charge in [0.2, 0.25) is 5.95 Å². The Morgan fingerprint density at radius 2 is 2.25 bits per heavy atom. The number of aliphatic hydroxyl groups is 1. The lowest BCUT2D eigenvalue weighted by Crippen LogP contribution is -2.27. The summed E-state index contributed by atoms with van der Waals surface area (Å²) in [6.45, 7) is 1.22. The Bertz CT molecular complexity index is 782. The van der Waals surface area contributed by atoms with Crippen molar-refractivity contribution >= 4 is 34.5 Å². The average molecular weight is 327 g/mol. The van der Waals surface area contributed by atoms with Gasteiger partial charge >= 0.3 is 0 Å². The molecule has 1 aliphatic rings. The minimum Gasteiger partial charge on any atom is -0.396 e. The molecular formula is C17H21N5O2. The number of allylic oxidation sites excluding steroid dienone is 1. The summed E-state index contributed by atoms with van der Waals surface area (Å²) >= 11 is 0. The average Bonchev–Trinajstić information content (AvgIpc) is 3.09. The van der Waals surface area contributed by atoms with Gasteiger partial charge in [-0.05, 0) is 35.8 Å². The molecule has 1 aromatic carbocycles. The largest absolute Gasteiger partial charge is 0.396 e. The fourth-order valence-corrected chi connectivity index (χ4v) is 2.74. The lowest BCUT2D eigenvalue weighted by molar-refractivity contribution is 0.170. The van der Waals surface area contributed by atoms with E-state index in [2.05, 4.69) is 20.3 Å². The maximum atomic E-state index is 9.20.